The van der Waals surface area contributed by atoms with E-state index < -0.39 is 0 Å². The molecule has 0 amide bonds. The first kappa shape index (κ1) is 9.93. The van der Waals surface area contributed by atoms with E-state index in [0.717, 1.165) is 0 Å². The molecule has 0 bridgehead atoms. The predicted octanol–water partition coefficient (Wildman–Crippen LogP) is 1.72. The molecule has 78 valence electrons. The minimum atomic E-state index is 0.142. The number of ether oxygens (including phenoxy) is 1. The SMILES string of the molecule is N#Cc1ccnc(Oc2ccc(N)cc2)n1. The molecule has 0 saturated carbocycles. The molecule has 1 heterocycles. The Bertz CT molecular complexity index is 530. The van der Waals surface area contributed by atoms with E-state index in [1.54, 1.807) is 24.3 Å². The third-order valence-corrected chi connectivity index (χ3v) is 1.84. The van der Waals surface area contributed by atoms with E-state index in [2.05, 4.69) is 9.97 Å². The number of aromatic nitrogens is 2. The van der Waals surface area contributed by atoms with Gasteiger partial charge in [-0.25, -0.2) is 4.98 Å². The lowest BCUT2D eigenvalue weighted by molar-refractivity contribution is 0.441. The molecule has 1 aromatic heterocycles. The van der Waals surface area contributed by atoms with Crippen LogP contribution in [-0.2, 0) is 0 Å². The molecule has 0 aliphatic heterocycles. The highest BCUT2D eigenvalue weighted by Crippen LogP contribution is 2.18. The summed E-state index contributed by atoms with van der Waals surface area (Å²) in [7, 11) is 0. The maximum atomic E-state index is 8.65. The summed E-state index contributed by atoms with van der Waals surface area (Å²) in [6.07, 6.45) is 1.47. The van der Waals surface area contributed by atoms with Crippen molar-refractivity contribution in [3.05, 3.63) is 42.2 Å². The second-order valence-electron chi connectivity index (χ2n) is 3.01. The lowest BCUT2D eigenvalue weighted by Gasteiger charge is -2.03. The molecule has 0 aliphatic carbocycles. The molecule has 5 nitrogen and oxygen atoms in total. The van der Waals surface area contributed by atoms with Crippen LogP contribution in [0.3, 0.4) is 0 Å². The number of anilines is 1. The molecule has 5 heteroatoms. The largest absolute Gasteiger partial charge is 0.424 e. The lowest BCUT2D eigenvalue weighted by atomic mass is 10.3. The minimum absolute atomic E-state index is 0.142. The molecule has 0 aliphatic rings. The maximum Gasteiger partial charge on any atom is 0.323 e. The summed E-state index contributed by atoms with van der Waals surface area (Å²) in [5.41, 5.74) is 6.45. The molecule has 0 unspecified atom stereocenters. The van der Waals surface area contributed by atoms with Crippen molar-refractivity contribution in [3.8, 4) is 17.8 Å². The Kier molecular flexibility index (Phi) is 2.65. The summed E-state index contributed by atoms with van der Waals surface area (Å²) >= 11 is 0. The quantitative estimate of drug-likeness (QED) is 0.766. The first-order valence-electron chi connectivity index (χ1n) is 4.54. The van der Waals surface area contributed by atoms with Gasteiger partial charge in [-0.3, -0.25) is 0 Å². The lowest BCUT2D eigenvalue weighted by Crippen LogP contribution is -1.93. The highest BCUT2D eigenvalue weighted by Gasteiger charge is 2.01. The van der Waals surface area contributed by atoms with Crippen LogP contribution in [-0.4, -0.2) is 9.97 Å². The summed E-state index contributed by atoms with van der Waals surface area (Å²) in [4.78, 5) is 7.77. The Morgan fingerprint density at radius 2 is 1.94 bits per heavy atom. The fourth-order valence-corrected chi connectivity index (χ4v) is 1.09. The van der Waals surface area contributed by atoms with Crippen molar-refractivity contribution in [2.75, 3.05) is 5.73 Å². The van der Waals surface area contributed by atoms with Gasteiger partial charge in [0.05, 0.1) is 0 Å². The molecule has 0 fully saturated rings. The van der Waals surface area contributed by atoms with Crippen LogP contribution in [0, 0.1) is 11.3 Å². The van der Waals surface area contributed by atoms with E-state index in [-0.39, 0.29) is 11.7 Å². The molecule has 1 aromatic carbocycles. The average Bonchev–Trinajstić information content (AvgIpc) is 2.32. The van der Waals surface area contributed by atoms with Crippen molar-refractivity contribution < 1.29 is 4.74 Å². The minimum Gasteiger partial charge on any atom is -0.424 e. The van der Waals surface area contributed by atoms with E-state index in [0.29, 0.717) is 11.4 Å². The summed E-state index contributed by atoms with van der Waals surface area (Å²) in [5.74, 6) is 0.573. The van der Waals surface area contributed by atoms with Gasteiger partial charge in [-0.2, -0.15) is 10.2 Å². The van der Waals surface area contributed by atoms with Gasteiger partial charge >= 0.3 is 6.01 Å². The van der Waals surface area contributed by atoms with Crippen molar-refractivity contribution in [1.82, 2.24) is 9.97 Å². The third kappa shape index (κ3) is 2.25. The monoisotopic (exact) mass is 212 g/mol. The van der Waals surface area contributed by atoms with E-state index in [4.69, 9.17) is 15.7 Å². The highest BCUT2D eigenvalue weighted by molar-refractivity contribution is 5.42. The van der Waals surface area contributed by atoms with E-state index in [1.165, 1.54) is 12.3 Å². The molecule has 2 N–H and O–H groups in total. The fourth-order valence-electron chi connectivity index (χ4n) is 1.09. The molecule has 0 saturated heterocycles. The summed E-state index contributed by atoms with van der Waals surface area (Å²) in [6, 6.07) is 10.4. The van der Waals surface area contributed by atoms with Gasteiger partial charge in [0.15, 0.2) is 0 Å². The van der Waals surface area contributed by atoms with Crippen molar-refractivity contribution >= 4 is 5.69 Å². The topological polar surface area (TPSA) is 84.8 Å². The zero-order valence-electron chi connectivity index (χ0n) is 8.29. The van der Waals surface area contributed by atoms with Gasteiger partial charge in [-0.05, 0) is 30.3 Å². The summed E-state index contributed by atoms with van der Waals surface area (Å²) in [5, 5.41) is 8.65. The molecule has 0 atom stereocenters. The van der Waals surface area contributed by atoms with Gasteiger partial charge in [-0.15, -0.1) is 0 Å². The summed E-state index contributed by atoms with van der Waals surface area (Å²) in [6.45, 7) is 0. The van der Waals surface area contributed by atoms with Gasteiger partial charge in [-0.1, -0.05) is 0 Å². The van der Waals surface area contributed by atoms with Gasteiger partial charge in [0, 0.05) is 11.9 Å². The Morgan fingerprint density at radius 3 is 2.62 bits per heavy atom. The molecule has 0 spiro atoms. The van der Waals surface area contributed by atoms with Crippen LogP contribution in [0.1, 0.15) is 5.69 Å². The normalized spacial score (nSPS) is 9.44. The van der Waals surface area contributed by atoms with Crippen LogP contribution in [0.4, 0.5) is 5.69 Å². The predicted molar refractivity (Wildman–Crippen MR) is 57.7 cm³/mol. The van der Waals surface area contributed by atoms with Crippen molar-refractivity contribution in [2.45, 2.75) is 0 Å². The fraction of sp³-hybridized carbons (Fsp3) is 0. The molecular formula is C11H8N4O. The van der Waals surface area contributed by atoms with E-state index in [1.807, 2.05) is 6.07 Å². The number of nitriles is 1. The Morgan fingerprint density at radius 1 is 1.19 bits per heavy atom. The summed E-state index contributed by atoms with van der Waals surface area (Å²) < 4.78 is 5.35. The number of hydrogen-bond acceptors (Lipinski definition) is 5. The Hall–Kier alpha value is -2.61. The number of nitrogens with zero attached hydrogens (tertiary/aromatic N) is 3. The first-order chi connectivity index (χ1) is 7.78. The standard InChI is InChI=1S/C11H8N4O/c12-7-9-5-6-14-11(15-9)16-10-3-1-8(13)2-4-10/h1-6H,13H2. The van der Waals surface area contributed by atoms with E-state index >= 15 is 0 Å². The first-order valence-corrected chi connectivity index (χ1v) is 4.54. The van der Waals surface area contributed by atoms with Crippen LogP contribution < -0.4 is 10.5 Å². The number of rotatable bonds is 2. The van der Waals surface area contributed by atoms with Crippen LogP contribution in [0.5, 0.6) is 11.8 Å². The van der Waals surface area contributed by atoms with Crippen LogP contribution in [0.15, 0.2) is 36.5 Å². The Labute approximate surface area is 92.1 Å². The molecular weight excluding hydrogens is 204 g/mol. The van der Waals surface area contributed by atoms with Gasteiger partial charge in [0.25, 0.3) is 0 Å². The molecule has 2 rings (SSSR count). The number of nitrogens with two attached hydrogens (primary N) is 1. The van der Waals surface area contributed by atoms with Gasteiger partial charge in [0.1, 0.15) is 17.5 Å². The maximum absolute atomic E-state index is 8.65. The third-order valence-electron chi connectivity index (χ3n) is 1.84. The van der Waals surface area contributed by atoms with Crippen LogP contribution in [0.25, 0.3) is 0 Å². The van der Waals surface area contributed by atoms with Crippen LogP contribution in [0.2, 0.25) is 0 Å². The van der Waals surface area contributed by atoms with Crippen LogP contribution >= 0.6 is 0 Å². The Balaban J connectivity index is 2.21. The number of nitrogen functional groups attached to an aromatic ring is 1. The van der Waals surface area contributed by atoms with Crippen molar-refractivity contribution in [2.24, 2.45) is 0 Å². The zero-order chi connectivity index (χ0) is 11.4. The molecule has 0 radical (unpaired) electrons. The van der Waals surface area contributed by atoms with Gasteiger partial charge in [0.2, 0.25) is 0 Å². The number of hydrogen-bond donors (Lipinski definition) is 1. The highest BCUT2D eigenvalue weighted by atomic mass is 16.5. The molecule has 2 aromatic rings. The smallest absolute Gasteiger partial charge is 0.323 e. The second kappa shape index (κ2) is 4.28. The average molecular weight is 212 g/mol. The molecule has 16 heavy (non-hydrogen) atoms. The zero-order valence-corrected chi connectivity index (χ0v) is 8.29. The van der Waals surface area contributed by atoms with Crippen molar-refractivity contribution in [1.29, 1.82) is 5.26 Å². The number of benzene rings is 1. The van der Waals surface area contributed by atoms with E-state index in [9.17, 15) is 0 Å². The van der Waals surface area contributed by atoms with Crippen molar-refractivity contribution in [3.63, 3.8) is 0 Å². The van der Waals surface area contributed by atoms with Gasteiger partial charge < -0.3 is 10.5 Å². The second-order valence-corrected chi connectivity index (χ2v) is 3.01.